The molecule has 1 N–H and O–H groups in total. The van der Waals surface area contributed by atoms with E-state index in [1.54, 1.807) is 6.07 Å². The van der Waals surface area contributed by atoms with Crippen LogP contribution in [0.25, 0.3) is 0 Å². The van der Waals surface area contributed by atoms with Gasteiger partial charge in [0.25, 0.3) is 0 Å². The number of aromatic hydroxyl groups is 1. The van der Waals surface area contributed by atoms with Gasteiger partial charge in [0.2, 0.25) is 5.13 Å². The fourth-order valence-electron chi connectivity index (χ4n) is 2.71. The maximum absolute atomic E-state index is 9.58. The Balaban J connectivity index is 1.41. The molecule has 1 saturated heterocycles. The minimum absolute atomic E-state index is 0.327. The summed E-state index contributed by atoms with van der Waals surface area (Å²) in [5, 5.41) is 10.6. The molecule has 2 fully saturated rings. The van der Waals surface area contributed by atoms with Gasteiger partial charge in [-0.1, -0.05) is 6.07 Å². The molecular formula is C15H18N4OS. The predicted octanol–water partition coefficient (Wildman–Crippen LogP) is 2.45. The molecule has 1 aromatic heterocycles. The average Bonchev–Trinajstić information content (AvgIpc) is 3.25. The van der Waals surface area contributed by atoms with Crippen LogP contribution in [0.5, 0.6) is 5.75 Å². The highest BCUT2D eigenvalue weighted by atomic mass is 32.1. The van der Waals surface area contributed by atoms with E-state index in [0.29, 0.717) is 11.7 Å². The molecule has 0 spiro atoms. The van der Waals surface area contributed by atoms with Gasteiger partial charge in [0.05, 0.1) is 0 Å². The molecule has 2 heterocycles. The van der Waals surface area contributed by atoms with E-state index in [0.717, 1.165) is 42.8 Å². The first-order valence-electron chi connectivity index (χ1n) is 7.42. The van der Waals surface area contributed by atoms with Crippen molar-refractivity contribution in [2.75, 3.05) is 36.0 Å². The number of phenolic OH excluding ortho intramolecular Hbond substituents is 1. The molecule has 5 nitrogen and oxygen atoms in total. The van der Waals surface area contributed by atoms with Gasteiger partial charge in [0.1, 0.15) is 11.6 Å². The van der Waals surface area contributed by atoms with E-state index in [4.69, 9.17) is 0 Å². The summed E-state index contributed by atoms with van der Waals surface area (Å²) in [6, 6.07) is 7.47. The second kappa shape index (κ2) is 5.18. The highest BCUT2D eigenvalue weighted by molar-refractivity contribution is 7.09. The molecule has 1 aromatic carbocycles. The molecule has 0 amide bonds. The normalized spacial score (nSPS) is 19.0. The Kier molecular flexibility index (Phi) is 3.18. The molecule has 0 bridgehead atoms. The van der Waals surface area contributed by atoms with Gasteiger partial charge in [0.15, 0.2) is 0 Å². The van der Waals surface area contributed by atoms with Crippen molar-refractivity contribution in [3.63, 3.8) is 0 Å². The second-order valence-electron chi connectivity index (χ2n) is 5.70. The number of hydrogen-bond donors (Lipinski definition) is 1. The number of benzene rings is 1. The third-order valence-electron chi connectivity index (χ3n) is 4.12. The predicted molar refractivity (Wildman–Crippen MR) is 84.4 cm³/mol. The molecule has 2 aromatic rings. The zero-order valence-electron chi connectivity index (χ0n) is 11.8. The molecule has 110 valence electrons. The number of phenols is 1. The summed E-state index contributed by atoms with van der Waals surface area (Å²) < 4.78 is 4.48. The van der Waals surface area contributed by atoms with Crippen LogP contribution < -0.4 is 9.80 Å². The van der Waals surface area contributed by atoms with Crippen molar-refractivity contribution in [3.05, 3.63) is 30.1 Å². The van der Waals surface area contributed by atoms with Gasteiger partial charge < -0.3 is 14.9 Å². The van der Waals surface area contributed by atoms with Gasteiger partial charge in [-0.3, -0.25) is 0 Å². The Hall–Kier alpha value is -1.82. The fourth-order valence-corrected chi connectivity index (χ4v) is 3.51. The van der Waals surface area contributed by atoms with Crippen molar-refractivity contribution in [2.24, 2.45) is 0 Å². The Morgan fingerprint density at radius 3 is 2.57 bits per heavy atom. The molecule has 4 rings (SSSR count). The summed E-state index contributed by atoms with van der Waals surface area (Å²) >= 11 is 1.53. The molecule has 0 radical (unpaired) electrons. The average molecular weight is 302 g/mol. The van der Waals surface area contributed by atoms with Gasteiger partial charge >= 0.3 is 0 Å². The van der Waals surface area contributed by atoms with Crippen LogP contribution in [-0.4, -0.2) is 40.6 Å². The molecule has 0 atom stereocenters. The molecule has 0 unspecified atom stereocenters. The van der Waals surface area contributed by atoms with E-state index < -0.39 is 0 Å². The van der Waals surface area contributed by atoms with Crippen molar-refractivity contribution in [2.45, 2.75) is 18.8 Å². The van der Waals surface area contributed by atoms with Crippen molar-refractivity contribution in [3.8, 4) is 5.75 Å². The van der Waals surface area contributed by atoms with Crippen molar-refractivity contribution in [1.29, 1.82) is 0 Å². The molecule has 6 heteroatoms. The van der Waals surface area contributed by atoms with Crippen LogP contribution in [0.2, 0.25) is 0 Å². The summed E-state index contributed by atoms with van der Waals surface area (Å²) in [6.07, 6.45) is 2.50. The maximum atomic E-state index is 9.58. The van der Waals surface area contributed by atoms with Crippen LogP contribution in [-0.2, 0) is 0 Å². The van der Waals surface area contributed by atoms with Crippen molar-refractivity contribution < 1.29 is 5.11 Å². The van der Waals surface area contributed by atoms with E-state index in [1.807, 2.05) is 18.2 Å². The Morgan fingerprint density at radius 1 is 1.10 bits per heavy atom. The Bertz CT molecular complexity index is 632. The maximum Gasteiger partial charge on any atom is 0.205 e. The van der Waals surface area contributed by atoms with Gasteiger partial charge in [0, 0.05) is 55.4 Å². The summed E-state index contributed by atoms with van der Waals surface area (Å²) in [6.45, 7) is 3.80. The molecule has 21 heavy (non-hydrogen) atoms. The SMILES string of the molecule is Oc1cccc(N2CCN(c3nc(C4CC4)ns3)CC2)c1. The zero-order valence-corrected chi connectivity index (χ0v) is 12.6. The fraction of sp³-hybridized carbons (Fsp3) is 0.467. The zero-order chi connectivity index (χ0) is 14.2. The lowest BCUT2D eigenvalue weighted by atomic mass is 10.2. The summed E-state index contributed by atoms with van der Waals surface area (Å²) in [7, 11) is 0. The van der Waals surface area contributed by atoms with Gasteiger partial charge in [-0.05, 0) is 25.0 Å². The van der Waals surface area contributed by atoms with Crippen LogP contribution >= 0.6 is 11.5 Å². The van der Waals surface area contributed by atoms with E-state index in [2.05, 4.69) is 19.2 Å². The van der Waals surface area contributed by atoms with Gasteiger partial charge in [-0.15, -0.1) is 0 Å². The number of hydrogen-bond acceptors (Lipinski definition) is 6. The lowest BCUT2D eigenvalue weighted by Crippen LogP contribution is -2.46. The largest absolute Gasteiger partial charge is 0.508 e. The van der Waals surface area contributed by atoms with Crippen LogP contribution in [0, 0.1) is 0 Å². The molecule has 1 saturated carbocycles. The lowest BCUT2D eigenvalue weighted by molar-refractivity contribution is 0.475. The molecule has 1 aliphatic heterocycles. The molecule has 1 aliphatic carbocycles. The summed E-state index contributed by atoms with van der Waals surface area (Å²) in [5.74, 6) is 2.00. The van der Waals surface area contributed by atoms with E-state index >= 15 is 0 Å². The standard InChI is InChI=1S/C15H18N4OS/c20-13-3-1-2-12(10-13)18-6-8-19(9-7-18)15-16-14(17-21-15)11-4-5-11/h1-3,10-11,20H,4-9H2. The van der Waals surface area contributed by atoms with Gasteiger partial charge in [-0.2, -0.15) is 4.37 Å². The smallest absolute Gasteiger partial charge is 0.205 e. The third-order valence-corrected chi connectivity index (χ3v) is 4.91. The third kappa shape index (κ3) is 2.68. The molecule has 2 aliphatic rings. The Labute approximate surface area is 128 Å². The quantitative estimate of drug-likeness (QED) is 0.944. The van der Waals surface area contributed by atoms with Crippen molar-refractivity contribution >= 4 is 22.4 Å². The van der Waals surface area contributed by atoms with Crippen LogP contribution in [0.15, 0.2) is 24.3 Å². The van der Waals surface area contributed by atoms with Gasteiger partial charge in [-0.25, -0.2) is 4.98 Å². The number of piperazine rings is 1. The second-order valence-corrected chi connectivity index (χ2v) is 6.43. The minimum atomic E-state index is 0.327. The van der Waals surface area contributed by atoms with E-state index in [-0.39, 0.29) is 0 Å². The number of nitrogens with zero attached hydrogens (tertiary/aromatic N) is 4. The van der Waals surface area contributed by atoms with E-state index in [1.165, 1.54) is 24.4 Å². The summed E-state index contributed by atoms with van der Waals surface area (Å²) in [4.78, 5) is 9.31. The molecular weight excluding hydrogens is 284 g/mol. The first kappa shape index (κ1) is 12.9. The van der Waals surface area contributed by atoms with Crippen LogP contribution in [0.1, 0.15) is 24.6 Å². The monoisotopic (exact) mass is 302 g/mol. The number of anilines is 2. The van der Waals surface area contributed by atoms with Crippen LogP contribution in [0.4, 0.5) is 10.8 Å². The van der Waals surface area contributed by atoms with E-state index in [9.17, 15) is 5.11 Å². The minimum Gasteiger partial charge on any atom is -0.508 e. The highest BCUT2D eigenvalue weighted by Crippen LogP contribution is 2.39. The number of rotatable bonds is 3. The summed E-state index contributed by atoms with van der Waals surface area (Å²) in [5.41, 5.74) is 1.09. The number of aromatic nitrogens is 2. The van der Waals surface area contributed by atoms with Crippen LogP contribution in [0.3, 0.4) is 0 Å². The van der Waals surface area contributed by atoms with Crippen molar-refractivity contribution in [1.82, 2.24) is 9.36 Å². The highest BCUT2D eigenvalue weighted by Gasteiger charge is 2.29. The first-order valence-corrected chi connectivity index (χ1v) is 8.19. The topological polar surface area (TPSA) is 52.5 Å². The lowest BCUT2D eigenvalue weighted by Gasteiger charge is -2.35. The Morgan fingerprint density at radius 2 is 1.86 bits per heavy atom. The first-order chi connectivity index (χ1) is 10.3.